The Bertz CT molecular complexity index is 631. The Hall–Kier alpha value is -1.57. The zero-order valence-corrected chi connectivity index (χ0v) is 11.9. The maximum atomic E-state index is 12.1. The lowest BCUT2D eigenvalue weighted by atomic mass is 10.0. The lowest BCUT2D eigenvalue weighted by molar-refractivity contribution is 0.104. The molecule has 2 aromatic carbocycles. The van der Waals surface area contributed by atoms with Crippen LogP contribution in [0.4, 0.5) is 0 Å². The second-order valence-corrected chi connectivity index (χ2v) is 5.00. The van der Waals surface area contributed by atoms with Gasteiger partial charge in [-0.2, -0.15) is 0 Å². The van der Waals surface area contributed by atoms with E-state index in [0.29, 0.717) is 15.6 Å². The first-order valence-electron chi connectivity index (χ1n) is 5.81. The molecule has 0 saturated carbocycles. The summed E-state index contributed by atoms with van der Waals surface area (Å²) >= 11 is 11.8. The molecule has 0 aromatic heterocycles. The SMILES string of the molecule is Cc1cc(Cl)c(Cl)cc1C(=O)/C=C/c1ccccc1. The van der Waals surface area contributed by atoms with Crippen molar-refractivity contribution in [2.45, 2.75) is 6.92 Å². The maximum absolute atomic E-state index is 12.1. The van der Waals surface area contributed by atoms with E-state index in [4.69, 9.17) is 23.2 Å². The number of aryl methyl sites for hydroxylation is 1. The molecule has 19 heavy (non-hydrogen) atoms. The van der Waals surface area contributed by atoms with Crippen molar-refractivity contribution in [2.24, 2.45) is 0 Å². The van der Waals surface area contributed by atoms with Gasteiger partial charge in [-0.25, -0.2) is 0 Å². The van der Waals surface area contributed by atoms with Crippen LogP contribution in [0.3, 0.4) is 0 Å². The zero-order chi connectivity index (χ0) is 13.8. The van der Waals surface area contributed by atoms with Crippen molar-refractivity contribution < 1.29 is 4.79 Å². The van der Waals surface area contributed by atoms with E-state index in [1.54, 1.807) is 24.3 Å². The summed E-state index contributed by atoms with van der Waals surface area (Å²) in [6.45, 7) is 1.84. The third-order valence-electron chi connectivity index (χ3n) is 2.76. The van der Waals surface area contributed by atoms with E-state index in [9.17, 15) is 4.79 Å². The lowest BCUT2D eigenvalue weighted by Crippen LogP contribution is -1.98. The third kappa shape index (κ3) is 3.46. The average molecular weight is 291 g/mol. The highest BCUT2D eigenvalue weighted by molar-refractivity contribution is 6.42. The smallest absolute Gasteiger partial charge is 0.186 e. The quantitative estimate of drug-likeness (QED) is 0.561. The summed E-state index contributed by atoms with van der Waals surface area (Å²) in [4.78, 5) is 12.1. The summed E-state index contributed by atoms with van der Waals surface area (Å²) in [7, 11) is 0. The molecule has 0 aliphatic rings. The predicted octanol–water partition coefficient (Wildman–Crippen LogP) is 5.20. The van der Waals surface area contributed by atoms with Crippen LogP contribution < -0.4 is 0 Å². The molecule has 0 heterocycles. The summed E-state index contributed by atoms with van der Waals surface area (Å²) in [6, 6.07) is 13.0. The fraction of sp³-hybridized carbons (Fsp3) is 0.0625. The van der Waals surface area contributed by atoms with Crippen molar-refractivity contribution in [1.82, 2.24) is 0 Å². The van der Waals surface area contributed by atoms with Crippen LogP contribution in [-0.4, -0.2) is 5.78 Å². The summed E-state index contributed by atoms with van der Waals surface area (Å²) < 4.78 is 0. The molecule has 0 spiro atoms. The standard InChI is InChI=1S/C16H12Cl2O/c1-11-9-14(17)15(18)10-13(11)16(19)8-7-12-5-3-2-4-6-12/h2-10H,1H3/b8-7+. The van der Waals surface area contributed by atoms with Crippen LogP contribution in [0.5, 0.6) is 0 Å². The Kier molecular flexibility index (Phi) is 4.41. The minimum atomic E-state index is -0.0834. The van der Waals surface area contributed by atoms with Crippen molar-refractivity contribution >= 4 is 35.1 Å². The molecule has 0 aliphatic carbocycles. The molecule has 3 heteroatoms. The summed E-state index contributed by atoms with van der Waals surface area (Å²) in [5.41, 5.74) is 2.37. The Morgan fingerprint density at radius 3 is 2.37 bits per heavy atom. The van der Waals surface area contributed by atoms with Crippen molar-refractivity contribution in [2.75, 3.05) is 0 Å². The van der Waals surface area contributed by atoms with Gasteiger partial charge in [-0.05, 0) is 36.3 Å². The fourth-order valence-electron chi connectivity index (χ4n) is 1.74. The summed E-state index contributed by atoms with van der Waals surface area (Å²) in [6.07, 6.45) is 3.33. The molecule has 96 valence electrons. The first-order valence-corrected chi connectivity index (χ1v) is 6.56. The van der Waals surface area contributed by atoms with Gasteiger partial charge in [0.15, 0.2) is 5.78 Å². The van der Waals surface area contributed by atoms with Gasteiger partial charge in [-0.1, -0.05) is 59.6 Å². The van der Waals surface area contributed by atoms with Crippen LogP contribution >= 0.6 is 23.2 Å². The van der Waals surface area contributed by atoms with Gasteiger partial charge in [-0.3, -0.25) is 4.79 Å². The number of hydrogen-bond donors (Lipinski definition) is 0. The van der Waals surface area contributed by atoms with Gasteiger partial charge in [0.05, 0.1) is 10.0 Å². The molecule has 0 aliphatic heterocycles. The molecule has 1 nitrogen and oxygen atoms in total. The highest BCUT2D eigenvalue weighted by atomic mass is 35.5. The first kappa shape index (κ1) is 13.9. The zero-order valence-electron chi connectivity index (χ0n) is 10.4. The number of ketones is 1. The Morgan fingerprint density at radius 1 is 1.05 bits per heavy atom. The molecule has 0 N–H and O–H groups in total. The average Bonchev–Trinajstić information content (AvgIpc) is 2.41. The van der Waals surface area contributed by atoms with Crippen LogP contribution in [0.15, 0.2) is 48.5 Å². The number of benzene rings is 2. The van der Waals surface area contributed by atoms with Crippen LogP contribution in [0.2, 0.25) is 10.0 Å². The maximum Gasteiger partial charge on any atom is 0.186 e. The van der Waals surface area contributed by atoms with E-state index in [1.807, 2.05) is 37.3 Å². The van der Waals surface area contributed by atoms with E-state index in [0.717, 1.165) is 11.1 Å². The van der Waals surface area contributed by atoms with Gasteiger partial charge in [-0.15, -0.1) is 0 Å². The molecular weight excluding hydrogens is 279 g/mol. The molecule has 0 unspecified atom stereocenters. The minimum absolute atomic E-state index is 0.0834. The molecule has 0 fully saturated rings. The first-order chi connectivity index (χ1) is 9.08. The van der Waals surface area contributed by atoms with Gasteiger partial charge in [0.2, 0.25) is 0 Å². The van der Waals surface area contributed by atoms with Crippen LogP contribution in [-0.2, 0) is 0 Å². The normalized spacial score (nSPS) is 10.9. The van der Waals surface area contributed by atoms with E-state index in [-0.39, 0.29) is 5.78 Å². The highest BCUT2D eigenvalue weighted by Crippen LogP contribution is 2.26. The van der Waals surface area contributed by atoms with Crippen LogP contribution in [0, 0.1) is 6.92 Å². The Balaban J connectivity index is 2.26. The second-order valence-electron chi connectivity index (χ2n) is 4.19. The van der Waals surface area contributed by atoms with Gasteiger partial charge in [0, 0.05) is 5.56 Å². The fourth-order valence-corrected chi connectivity index (χ4v) is 2.12. The van der Waals surface area contributed by atoms with Crippen molar-refractivity contribution in [3.8, 4) is 0 Å². The molecule has 0 bridgehead atoms. The number of rotatable bonds is 3. The monoisotopic (exact) mass is 290 g/mol. The number of halogens is 2. The summed E-state index contributed by atoms with van der Waals surface area (Å²) in [5, 5.41) is 0.853. The van der Waals surface area contributed by atoms with E-state index < -0.39 is 0 Å². The van der Waals surface area contributed by atoms with E-state index in [1.165, 1.54) is 0 Å². The summed E-state index contributed by atoms with van der Waals surface area (Å²) in [5.74, 6) is -0.0834. The van der Waals surface area contributed by atoms with Crippen LogP contribution in [0.1, 0.15) is 21.5 Å². The minimum Gasteiger partial charge on any atom is -0.289 e. The number of carbonyl (C=O) groups excluding carboxylic acids is 1. The van der Waals surface area contributed by atoms with Crippen LogP contribution in [0.25, 0.3) is 6.08 Å². The van der Waals surface area contributed by atoms with Gasteiger partial charge in [0.25, 0.3) is 0 Å². The molecule has 2 rings (SSSR count). The molecule has 0 saturated heterocycles. The highest BCUT2D eigenvalue weighted by Gasteiger charge is 2.09. The molecular formula is C16H12Cl2O. The second kappa shape index (κ2) is 6.05. The topological polar surface area (TPSA) is 17.1 Å². The van der Waals surface area contributed by atoms with Crippen molar-refractivity contribution in [1.29, 1.82) is 0 Å². The third-order valence-corrected chi connectivity index (χ3v) is 3.48. The Morgan fingerprint density at radius 2 is 1.68 bits per heavy atom. The van der Waals surface area contributed by atoms with E-state index >= 15 is 0 Å². The van der Waals surface area contributed by atoms with E-state index in [2.05, 4.69) is 0 Å². The molecule has 0 radical (unpaired) electrons. The molecule has 0 atom stereocenters. The predicted molar refractivity (Wildman–Crippen MR) is 81.0 cm³/mol. The largest absolute Gasteiger partial charge is 0.289 e. The van der Waals surface area contributed by atoms with Gasteiger partial charge >= 0.3 is 0 Å². The number of carbonyl (C=O) groups is 1. The van der Waals surface area contributed by atoms with Gasteiger partial charge in [0.1, 0.15) is 0 Å². The Labute approximate surface area is 122 Å². The molecule has 2 aromatic rings. The number of hydrogen-bond acceptors (Lipinski definition) is 1. The van der Waals surface area contributed by atoms with Crippen molar-refractivity contribution in [3.05, 3.63) is 75.3 Å². The van der Waals surface area contributed by atoms with Crippen molar-refractivity contribution in [3.63, 3.8) is 0 Å². The van der Waals surface area contributed by atoms with Gasteiger partial charge < -0.3 is 0 Å². The lowest BCUT2D eigenvalue weighted by Gasteiger charge is -2.04. The number of allylic oxidation sites excluding steroid dienone is 1. The molecule has 0 amide bonds.